The number of carboxylic acid groups (broad SMARTS) is 1. The van der Waals surface area contributed by atoms with Crippen LogP contribution in [0.5, 0.6) is 0 Å². The van der Waals surface area contributed by atoms with Crippen molar-refractivity contribution in [3.05, 3.63) is 0 Å². The average Bonchev–Trinajstić information content (AvgIpc) is 2.50. The van der Waals surface area contributed by atoms with Gasteiger partial charge in [-0.25, -0.2) is 0 Å². The van der Waals surface area contributed by atoms with Gasteiger partial charge in [0.25, 0.3) is 6.47 Å². The molecule has 0 unspecified atom stereocenters. The summed E-state index contributed by atoms with van der Waals surface area (Å²) in [4.78, 5) is 37.7. The molecule has 2 aliphatic heterocycles. The summed E-state index contributed by atoms with van der Waals surface area (Å²) < 4.78 is 0. The zero-order valence-electron chi connectivity index (χ0n) is 13.8. The van der Waals surface area contributed by atoms with Crippen molar-refractivity contribution in [2.45, 2.75) is 37.8 Å². The topological polar surface area (TPSA) is 101 Å². The molecule has 23 heavy (non-hydrogen) atoms. The van der Waals surface area contributed by atoms with Crippen LogP contribution in [0.15, 0.2) is 0 Å². The van der Waals surface area contributed by atoms with Crippen LogP contribution in [-0.4, -0.2) is 95.6 Å². The third kappa shape index (κ3) is 5.80. The molecule has 2 heterocycles. The van der Waals surface area contributed by atoms with Gasteiger partial charge in [0.15, 0.2) is 0 Å². The first-order chi connectivity index (χ1) is 10.9. The molecule has 2 aliphatic rings. The second-order valence-corrected chi connectivity index (χ2v) is 6.10. The van der Waals surface area contributed by atoms with Crippen LogP contribution in [0.2, 0.25) is 0 Å². The van der Waals surface area contributed by atoms with E-state index in [1.807, 2.05) is 19.0 Å². The second-order valence-electron chi connectivity index (χ2n) is 6.10. The van der Waals surface area contributed by atoms with Crippen LogP contribution in [0.25, 0.3) is 0 Å². The largest absolute Gasteiger partial charge is 0.483 e. The van der Waals surface area contributed by atoms with Crippen molar-refractivity contribution >= 4 is 18.3 Å². The minimum Gasteiger partial charge on any atom is -0.483 e. The SMILES string of the molecule is CN(C)[C@H]1CCN(C(=O)CN2CCCCC2=O)C[C@@H]1O.O=CO. The van der Waals surface area contributed by atoms with Crippen molar-refractivity contribution in [1.29, 1.82) is 0 Å². The molecule has 0 radical (unpaired) electrons. The number of aliphatic hydroxyl groups excluding tert-OH is 1. The minimum absolute atomic E-state index is 0.0449. The van der Waals surface area contributed by atoms with Gasteiger partial charge in [0.2, 0.25) is 11.8 Å². The highest BCUT2D eigenvalue weighted by Crippen LogP contribution is 2.16. The van der Waals surface area contributed by atoms with E-state index in [0.29, 0.717) is 26.1 Å². The molecule has 0 aromatic carbocycles. The van der Waals surface area contributed by atoms with E-state index in [9.17, 15) is 14.7 Å². The van der Waals surface area contributed by atoms with Crippen molar-refractivity contribution in [3.8, 4) is 0 Å². The highest BCUT2D eigenvalue weighted by molar-refractivity contribution is 5.85. The summed E-state index contributed by atoms with van der Waals surface area (Å²) in [5, 5.41) is 17.0. The van der Waals surface area contributed by atoms with E-state index in [2.05, 4.69) is 0 Å². The molecule has 2 saturated heterocycles. The molecule has 2 rings (SSSR count). The Morgan fingerprint density at radius 3 is 2.52 bits per heavy atom. The molecule has 0 aromatic heterocycles. The van der Waals surface area contributed by atoms with Crippen molar-refractivity contribution in [2.24, 2.45) is 0 Å². The number of amides is 2. The standard InChI is InChI=1S/C14H25N3O3.CH2O2/c1-15(2)11-6-8-17(9-12(11)18)14(20)10-16-7-4-3-5-13(16)19;2-1-3/h11-12,18H,3-10H2,1-2H3;1H,(H,2,3)/t11-,12-;/m0./s1. The number of likely N-dealkylation sites (tertiary alicyclic amines) is 2. The van der Waals surface area contributed by atoms with Gasteiger partial charge in [-0.1, -0.05) is 0 Å². The lowest BCUT2D eigenvalue weighted by molar-refractivity contribution is -0.144. The van der Waals surface area contributed by atoms with Crippen molar-refractivity contribution in [2.75, 3.05) is 40.3 Å². The molecular weight excluding hydrogens is 302 g/mol. The Kier molecular flexibility index (Phi) is 7.97. The first-order valence-corrected chi connectivity index (χ1v) is 7.88. The highest BCUT2D eigenvalue weighted by Gasteiger charge is 2.32. The van der Waals surface area contributed by atoms with Crippen LogP contribution in [0.4, 0.5) is 0 Å². The van der Waals surface area contributed by atoms with Gasteiger partial charge < -0.3 is 24.9 Å². The van der Waals surface area contributed by atoms with Crippen molar-refractivity contribution < 1.29 is 24.6 Å². The van der Waals surface area contributed by atoms with Crippen LogP contribution in [-0.2, 0) is 14.4 Å². The van der Waals surface area contributed by atoms with Gasteiger partial charge in [-0.2, -0.15) is 0 Å². The number of carbonyl (C=O) groups excluding carboxylic acids is 2. The van der Waals surface area contributed by atoms with Gasteiger partial charge in [0.1, 0.15) is 0 Å². The molecule has 132 valence electrons. The maximum atomic E-state index is 12.2. The summed E-state index contributed by atoms with van der Waals surface area (Å²) >= 11 is 0. The van der Waals surface area contributed by atoms with Crippen LogP contribution >= 0.6 is 0 Å². The fourth-order valence-corrected chi connectivity index (χ4v) is 3.04. The first kappa shape index (κ1) is 19.4. The lowest BCUT2D eigenvalue weighted by atomic mass is 10.0. The van der Waals surface area contributed by atoms with E-state index in [1.165, 1.54) is 0 Å². The zero-order valence-corrected chi connectivity index (χ0v) is 13.8. The maximum Gasteiger partial charge on any atom is 0.290 e. The molecule has 2 amide bonds. The second kappa shape index (κ2) is 9.46. The fraction of sp³-hybridized carbons (Fsp3) is 0.800. The average molecular weight is 329 g/mol. The summed E-state index contributed by atoms with van der Waals surface area (Å²) in [6, 6.07) is 0.107. The number of β-amino-alcohol motifs (C(OH)–C–C–N with tert-alkyl or cyclic N) is 1. The summed E-state index contributed by atoms with van der Waals surface area (Å²) in [5.41, 5.74) is 0. The van der Waals surface area contributed by atoms with Gasteiger partial charge in [-0.3, -0.25) is 14.4 Å². The normalized spacial score (nSPS) is 25.0. The molecule has 8 heteroatoms. The summed E-state index contributed by atoms with van der Waals surface area (Å²) in [7, 11) is 3.88. The molecule has 2 atom stereocenters. The van der Waals surface area contributed by atoms with Gasteiger partial charge in [0.05, 0.1) is 12.6 Å². The van der Waals surface area contributed by atoms with E-state index < -0.39 is 6.10 Å². The molecule has 2 N–H and O–H groups in total. The number of likely N-dealkylation sites (N-methyl/N-ethyl adjacent to an activating group) is 1. The predicted octanol–water partition coefficient (Wildman–Crippen LogP) is -0.777. The number of carbonyl (C=O) groups is 3. The molecule has 0 bridgehead atoms. The van der Waals surface area contributed by atoms with Gasteiger partial charge in [0, 0.05) is 32.1 Å². The van der Waals surface area contributed by atoms with Gasteiger partial charge >= 0.3 is 0 Å². The fourth-order valence-electron chi connectivity index (χ4n) is 3.04. The summed E-state index contributed by atoms with van der Waals surface area (Å²) in [6.07, 6.45) is 2.72. The minimum atomic E-state index is -0.514. The highest BCUT2D eigenvalue weighted by atomic mass is 16.3. The molecular formula is C15H27N3O5. The number of piperidine rings is 2. The third-order valence-electron chi connectivity index (χ3n) is 4.31. The Hall–Kier alpha value is -1.67. The summed E-state index contributed by atoms with van der Waals surface area (Å²) in [5.74, 6) is 0.0323. The number of hydrogen-bond donors (Lipinski definition) is 2. The lowest BCUT2D eigenvalue weighted by Gasteiger charge is -2.39. The molecule has 0 saturated carbocycles. The maximum absolute atomic E-state index is 12.2. The molecule has 8 nitrogen and oxygen atoms in total. The van der Waals surface area contributed by atoms with Crippen LogP contribution in [0.3, 0.4) is 0 Å². The van der Waals surface area contributed by atoms with Gasteiger partial charge in [-0.05, 0) is 33.4 Å². The van der Waals surface area contributed by atoms with E-state index in [4.69, 9.17) is 9.90 Å². The van der Waals surface area contributed by atoms with Crippen LogP contribution < -0.4 is 0 Å². The van der Waals surface area contributed by atoms with E-state index >= 15 is 0 Å². The number of hydrogen-bond acceptors (Lipinski definition) is 5. The zero-order chi connectivity index (χ0) is 17.4. The van der Waals surface area contributed by atoms with Crippen LogP contribution in [0, 0.1) is 0 Å². The number of rotatable bonds is 3. The van der Waals surface area contributed by atoms with Crippen LogP contribution in [0.1, 0.15) is 25.7 Å². The first-order valence-electron chi connectivity index (χ1n) is 7.88. The smallest absolute Gasteiger partial charge is 0.290 e. The monoisotopic (exact) mass is 329 g/mol. The Balaban J connectivity index is 0.000000816. The molecule has 0 spiro atoms. The van der Waals surface area contributed by atoms with E-state index in [1.54, 1.807) is 9.80 Å². The number of nitrogens with zero attached hydrogens (tertiary/aromatic N) is 3. The predicted molar refractivity (Wildman–Crippen MR) is 83.8 cm³/mol. The molecule has 2 fully saturated rings. The summed E-state index contributed by atoms with van der Waals surface area (Å²) in [6.45, 7) is 1.62. The number of aliphatic hydroxyl groups is 1. The Morgan fingerprint density at radius 2 is 2.00 bits per heavy atom. The Bertz CT molecular complexity index is 416. The molecule has 0 aliphatic carbocycles. The molecule has 0 aromatic rings. The van der Waals surface area contributed by atoms with Crippen molar-refractivity contribution in [1.82, 2.24) is 14.7 Å². The Labute approximate surface area is 136 Å². The lowest BCUT2D eigenvalue weighted by Crippen LogP contribution is -2.55. The van der Waals surface area contributed by atoms with E-state index in [0.717, 1.165) is 19.3 Å². The van der Waals surface area contributed by atoms with E-state index in [-0.39, 0.29) is 30.9 Å². The third-order valence-corrected chi connectivity index (χ3v) is 4.31. The Morgan fingerprint density at radius 1 is 1.35 bits per heavy atom. The van der Waals surface area contributed by atoms with Gasteiger partial charge in [-0.15, -0.1) is 0 Å². The van der Waals surface area contributed by atoms with Crippen molar-refractivity contribution in [3.63, 3.8) is 0 Å². The quantitative estimate of drug-likeness (QED) is 0.659.